The number of nitrogens with two attached hydrogens (primary N) is 1. The van der Waals surface area contributed by atoms with Gasteiger partial charge in [0.2, 0.25) is 5.85 Å². The maximum Gasteiger partial charge on any atom is 0.208 e. The standard InChI is InChI=1S/C39H75F2NO13/c1-8-10-16-47-26-34(45)28-49-18-12-32(43)24-51-20-14-36(3,4)55-31-37(5,30-40)39(7,42)54-21-15-38(6,41)53-23-22-52-25-33(44)13-19-50-29-35(46)27-48-17-11-9-2/h8-9,32-35,43-46H,1-2,10-31,42H2,3-7H3. The van der Waals surface area contributed by atoms with E-state index in [2.05, 4.69) is 13.2 Å². The number of hydrogen-bond donors (Lipinski definition) is 5. The Bertz CT molecular complexity index is 949. The van der Waals surface area contributed by atoms with Crippen molar-refractivity contribution in [1.29, 1.82) is 0 Å². The van der Waals surface area contributed by atoms with E-state index in [0.717, 1.165) is 0 Å². The second kappa shape index (κ2) is 30.8. The molecule has 16 heteroatoms. The van der Waals surface area contributed by atoms with Crippen molar-refractivity contribution in [3.63, 3.8) is 0 Å². The molecule has 0 fully saturated rings. The lowest BCUT2D eigenvalue weighted by Crippen LogP contribution is -2.58. The molecular formula is C39H75F2NO13. The molecule has 0 aromatic heterocycles. The molecule has 0 aliphatic carbocycles. The van der Waals surface area contributed by atoms with Crippen LogP contribution in [0.5, 0.6) is 0 Å². The van der Waals surface area contributed by atoms with Crippen molar-refractivity contribution in [3.8, 4) is 0 Å². The minimum Gasteiger partial charge on any atom is -0.391 e. The van der Waals surface area contributed by atoms with Gasteiger partial charge in [0.25, 0.3) is 0 Å². The third kappa shape index (κ3) is 28.8. The zero-order chi connectivity index (χ0) is 41.6. The highest BCUT2D eigenvalue weighted by Gasteiger charge is 2.45. The van der Waals surface area contributed by atoms with E-state index in [9.17, 15) is 24.8 Å². The number of alkyl halides is 2. The first-order valence-corrected chi connectivity index (χ1v) is 19.3. The second-order valence-electron chi connectivity index (χ2n) is 14.9. The highest BCUT2D eigenvalue weighted by molar-refractivity contribution is 4.91. The molecule has 0 spiro atoms. The molecular weight excluding hydrogens is 728 g/mol. The van der Waals surface area contributed by atoms with Crippen LogP contribution in [-0.4, -0.2) is 168 Å². The molecule has 0 aromatic carbocycles. The Morgan fingerprint density at radius 2 is 1.00 bits per heavy atom. The highest BCUT2D eigenvalue weighted by atomic mass is 19.2. The molecule has 0 saturated heterocycles. The van der Waals surface area contributed by atoms with Crippen LogP contribution in [0.15, 0.2) is 25.3 Å². The molecule has 0 saturated carbocycles. The van der Waals surface area contributed by atoms with Crippen molar-refractivity contribution in [2.45, 2.75) is 115 Å². The van der Waals surface area contributed by atoms with Crippen molar-refractivity contribution in [1.82, 2.24) is 0 Å². The average molecular weight is 804 g/mol. The smallest absolute Gasteiger partial charge is 0.208 e. The van der Waals surface area contributed by atoms with Crippen LogP contribution in [0.3, 0.4) is 0 Å². The van der Waals surface area contributed by atoms with E-state index in [1.807, 2.05) is 13.8 Å². The Balaban J connectivity index is 4.29. The summed E-state index contributed by atoms with van der Waals surface area (Å²) < 4.78 is 78.9. The predicted molar refractivity (Wildman–Crippen MR) is 205 cm³/mol. The average Bonchev–Trinajstić information content (AvgIpc) is 3.12. The quantitative estimate of drug-likeness (QED) is 0.0344. The number of aliphatic hydroxyl groups is 4. The van der Waals surface area contributed by atoms with E-state index in [4.69, 9.17) is 48.4 Å². The Morgan fingerprint density at radius 3 is 1.47 bits per heavy atom. The molecule has 0 aromatic rings. The second-order valence-corrected chi connectivity index (χ2v) is 14.9. The number of aliphatic hydroxyl groups excluding tert-OH is 4. The van der Waals surface area contributed by atoms with Crippen molar-refractivity contribution < 1.29 is 71.8 Å². The summed E-state index contributed by atoms with van der Waals surface area (Å²) in [4.78, 5) is 0. The van der Waals surface area contributed by atoms with Gasteiger partial charge in [0.1, 0.15) is 24.6 Å². The lowest BCUT2D eigenvalue weighted by atomic mass is 9.82. The largest absolute Gasteiger partial charge is 0.391 e. The van der Waals surface area contributed by atoms with Gasteiger partial charge in [-0.25, -0.2) is 4.39 Å². The summed E-state index contributed by atoms with van der Waals surface area (Å²) in [5.74, 6) is -2.07. The van der Waals surface area contributed by atoms with Gasteiger partial charge in [-0.15, -0.1) is 13.2 Å². The lowest BCUT2D eigenvalue weighted by Gasteiger charge is -2.43. The van der Waals surface area contributed by atoms with E-state index >= 15 is 4.39 Å². The Morgan fingerprint density at radius 1 is 0.564 bits per heavy atom. The van der Waals surface area contributed by atoms with Gasteiger partial charge in [0, 0.05) is 26.2 Å². The molecule has 0 aliphatic heterocycles. The predicted octanol–water partition coefficient (Wildman–Crippen LogP) is 3.41. The first-order chi connectivity index (χ1) is 25.9. The zero-order valence-corrected chi connectivity index (χ0v) is 34.2. The molecule has 7 unspecified atom stereocenters. The van der Waals surface area contributed by atoms with E-state index in [1.54, 1.807) is 19.1 Å². The van der Waals surface area contributed by atoms with E-state index in [0.29, 0.717) is 45.3 Å². The summed E-state index contributed by atoms with van der Waals surface area (Å²) in [5.41, 5.74) is 2.92. The molecule has 0 rings (SSSR count). The van der Waals surface area contributed by atoms with Gasteiger partial charge in [-0.1, -0.05) is 19.1 Å². The number of hydrogen-bond acceptors (Lipinski definition) is 14. The van der Waals surface area contributed by atoms with Gasteiger partial charge in [-0.05, 0) is 59.8 Å². The third-order valence-corrected chi connectivity index (χ3v) is 8.69. The topological polar surface area (TPSA) is 190 Å². The summed E-state index contributed by atoms with van der Waals surface area (Å²) in [6.07, 6.45) is 2.72. The van der Waals surface area contributed by atoms with Gasteiger partial charge >= 0.3 is 0 Å². The van der Waals surface area contributed by atoms with Gasteiger partial charge in [-0.3, -0.25) is 4.39 Å². The zero-order valence-electron chi connectivity index (χ0n) is 34.2. The molecule has 328 valence electrons. The van der Waals surface area contributed by atoms with E-state index in [1.165, 1.54) is 13.8 Å². The van der Waals surface area contributed by atoms with Crippen LogP contribution in [-0.2, 0) is 42.6 Å². The molecule has 6 N–H and O–H groups in total. The fourth-order valence-corrected chi connectivity index (χ4v) is 4.42. The van der Waals surface area contributed by atoms with Gasteiger partial charge in [0.15, 0.2) is 0 Å². The number of ether oxygens (including phenoxy) is 9. The van der Waals surface area contributed by atoms with Crippen molar-refractivity contribution in [3.05, 3.63) is 25.3 Å². The van der Waals surface area contributed by atoms with Crippen LogP contribution in [0, 0.1) is 5.41 Å². The maximum atomic E-state index is 15.0. The van der Waals surface area contributed by atoms with Crippen molar-refractivity contribution in [2.24, 2.45) is 11.1 Å². The highest BCUT2D eigenvalue weighted by Crippen LogP contribution is 2.34. The summed E-state index contributed by atoms with van der Waals surface area (Å²) in [5, 5.41) is 39.9. The fraction of sp³-hybridized carbons (Fsp3) is 0.897. The molecule has 0 heterocycles. The van der Waals surface area contributed by atoms with Gasteiger partial charge in [0.05, 0.1) is 103 Å². The number of halogens is 2. The summed E-state index contributed by atoms with van der Waals surface area (Å²) in [6.45, 7) is 16.5. The van der Waals surface area contributed by atoms with Gasteiger partial charge < -0.3 is 68.8 Å². The molecule has 7 atom stereocenters. The van der Waals surface area contributed by atoms with Crippen LogP contribution in [0.4, 0.5) is 8.78 Å². The van der Waals surface area contributed by atoms with Crippen LogP contribution < -0.4 is 5.73 Å². The summed E-state index contributed by atoms with van der Waals surface area (Å²) in [7, 11) is 0. The Hall–Kier alpha value is -1.22. The van der Waals surface area contributed by atoms with Crippen LogP contribution >= 0.6 is 0 Å². The maximum absolute atomic E-state index is 15.0. The minimum absolute atomic E-state index is 0.00598. The molecule has 14 nitrogen and oxygen atoms in total. The van der Waals surface area contributed by atoms with E-state index < -0.39 is 53.7 Å². The van der Waals surface area contributed by atoms with Crippen LogP contribution in [0.2, 0.25) is 0 Å². The molecule has 0 amide bonds. The Labute approximate surface area is 328 Å². The molecule has 0 aliphatic rings. The monoisotopic (exact) mass is 804 g/mol. The Kier molecular flexibility index (Phi) is 30.1. The fourth-order valence-electron chi connectivity index (χ4n) is 4.42. The SMILES string of the molecule is C=CCCOCC(O)COCCC(O)COCCOC(C)(F)CCOC(C)(N)C(C)(CF)COC(C)(C)CCOCC(O)CCOCC(O)COCCC=C. The minimum atomic E-state index is -2.07. The lowest BCUT2D eigenvalue weighted by molar-refractivity contribution is -0.193. The van der Waals surface area contributed by atoms with Crippen molar-refractivity contribution in [2.75, 3.05) is 106 Å². The van der Waals surface area contributed by atoms with Crippen LogP contribution in [0.1, 0.15) is 73.1 Å². The van der Waals surface area contributed by atoms with Crippen molar-refractivity contribution >= 4 is 0 Å². The molecule has 55 heavy (non-hydrogen) atoms. The normalized spacial score (nSPS) is 17.8. The summed E-state index contributed by atoms with van der Waals surface area (Å²) in [6, 6.07) is 0. The first kappa shape index (κ1) is 53.8. The molecule has 0 radical (unpaired) electrons. The van der Waals surface area contributed by atoms with Gasteiger partial charge in [-0.2, -0.15) is 0 Å². The first-order valence-electron chi connectivity index (χ1n) is 19.3. The third-order valence-electron chi connectivity index (χ3n) is 8.69. The summed E-state index contributed by atoms with van der Waals surface area (Å²) >= 11 is 0. The number of rotatable bonds is 40. The van der Waals surface area contributed by atoms with Crippen LogP contribution in [0.25, 0.3) is 0 Å². The van der Waals surface area contributed by atoms with E-state index in [-0.39, 0.29) is 92.3 Å². The molecule has 0 bridgehead atoms.